The van der Waals surface area contributed by atoms with Crippen molar-refractivity contribution in [1.82, 2.24) is 0 Å². The highest BCUT2D eigenvalue weighted by Crippen LogP contribution is 2.48. The number of esters is 2. The van der Waals surface area contributed by atoms with E-state index in [1.807, 2.05) is 26.0 Å². The van der Waals surface area contributed by atoms with Gasteiger partial charge in [0.05, 0.1) is 31.7 Å². The minimum atomic E-state index is -3.55. The molecule has 0 saturated carbocycles. The molecular formula is C24H35O7P. The standard InChI is InChI=1S/C24H35O7P/c1-18(2)23(25)28-14-7-9-16-30-32(27,22-13-11-12-20(5)21(22)6)31-17-10-8-15-29-24(26)19(3)4/h11-13H,1,3,7-10,14-17H2,2,4-6H3. The van der Waals surface area contributed by atoms with Crippen molar-refractivity contribution in [2.45, 2.75) is 53.4 Å². The van der Waals surface area contributed by atoms with E-state index in [4.69, 9.17) is 18.5 Å². The third-order valence-electron chi connectivity index (χ3n) is 4.63. The van der Waals surface area contributed by atoms with Gasteiger partial charge in [-0.05, 0) is 70.6 Å². The van der Waals surface area contributed by atoms with Crippen LogP contribution in [-0.4, -0.2) is 38.4 Å². The Balaban J connectivity index is 2.61. The Morgan fingerprint density at radius 2 is 1.25 bits per heavy atom. The first kappa shape index (κ1) is 27.8. The SMILES string of the molecule is C=C(C)C(=O)OCCCCOP(=O)(OCCCCOC(=O)C(=C)C)c1cccc(C)c1C. The molecule has 0 aliphatic heterocycles. The van der Waals surface area contributed by atoms with Gasteiger partial charge in [0.1, 0.15) is 0 Å². The predicted molar refractivity (Wildman–Crippen MR) is 125 cm³/mol. The summed E-state index contributed by atoms with van der Waals surface area (Å²) in [5.41, 5.74) is 2.56. The highest BCUT2D eigenvalue weighted by molar-refractivity contribution is 7.62. The van der Waals surface area contributed by atoms with Crippen LogP contribution < -0.4 is 5.30 Å². The van der Waals surface area contributed by atoms with Gasteiger partial charge in [0.2, 0.25) is 0 Å². The van der Waals surface area contributed by atoms with E-state index >= 15 is 0 Å². The van der Waals surface area contributed by atoms with Gasteiger partial charge in [-0.15, -0.1) is 0 Å². The molecule has 0 aliphatic rings. The first-order valence-corrected chi connectivity index (χ1v) is 12.2. The lowest BCUT2D eigenvalue weighted by Gasteiger charge is -2.21. The van der Waals surface area contributed by atoms with Crippen LogP contribution in [0.1, 0.15) is 50.7 Å². The zero-order chi connectivity index (χ0) is 24.1. The molecule has 0 radical (unpaired) electrons. The highest BCUT2D eigenvalue weighted by Gasteiger charge is 2.29. The Morgan fingerprint density at radius 1 is 0.812 bits per heavy atom. The molecule has 1 rings (SSSR count). The number of hydrogen-bond acceptors (Lipinski definition) is 7. The highest BCUT2D eigenvalue weighted by atomic mass is 31.2. The summed E-state index contributed by atoms with van der Waals surface area (Å²) in [6.45, 7) is 15.0. The lowest BCUT2D eigenvalue weighted by molar-refractivity contribution is -0.139. The molecule has 8 heteroatoms. The fraction of sp³-hybridized carbons (Fsp3) is 0.500. The van der Waals surface area contributed by atoms with E-state index in [-0.39, 0.29) is 26.4 Å². The van der Waals surface area contributed by atoms with Gasteiger partial charge < -0.3 is 18.5 Å². The zero-order valence-corrected chi connectivity index (χ0v) is 20.5. The summed E-state index contributed by atoms with van der Waals surface area (Å²) in [6.07, 6.45) is 2.25. The molecule has 7 nitrogen and oxygen atoms in total. The average Bonchev–Trinajstić information content (AvgIpc) is 2.74. The minimum absolute atomic E-state index is 0.200. The van der Waals surface area contributed by atoms with Gasteiger partial charge in [0.25, 0.3) is 0 Å². The molecule has 0 atom stereocenters. The smallest absolute Gasteiger partial charge is 0.361 e. The number of rotatable bonds is 15. The van der Waals surface area contributed by atoms with Crippen molar-refractivity contribution in [3.05, 3.63) is 53.6 Å². The molecule has 178 valence electrons. The van der Waals surface area contributed by atoms with E-state index in [0.717, 1.165) is 11.1 Å². The number of unbranched alkanes of at least 4 members (excludes halogenated alkanes) is 2. The fourth-order valence-electron chi connectivity index (χ4n) is 2.56. The van der Waals surface area contributed by atoms with Crippen LogP contribution >= 0.6 is 7.60 Å². The second-order valence-corrected chi connectivity index (χ2v) is 9.62. The van der Waals surface area contributed by atoms with Crippen molar-refractivity contribution in [3.8, 4) is 0 Å². The van der Waals surface area contributed by atoms with E-state index in [0.29, 0.717) is 42.1 Å². The number of ether oxygens (including phenoxy) is 2. The predicted octanol–water partition coefficient (Wildman–Crippen LogP) is 4.95. The van der Waals surface area contributed by atoms with E-state index < -0.39 is 19.5 Å². The normalized spacial score (nSPS) is 11.1. The van der Waals surface area contributed by atoms with Gasteiger partial charge in [-0.3, -0.25) is 4.57 Å². The molecule has 0 bridgehead atoms. The fourth-order valence-corrected chi connectivity index (χ4v) is 4.51. The Labute approximate surface area is 191 Å². The van der Waals surface area contributed by atoms with Gasteiger partial charge in [-0.25, -0.2) is 9.59 Å². The molecule has 1 aromatic carbocycles. The van der Waals surface area contributed by atoms with Crippen LogP contribution in [0.3, 0.4) is 0 Å². The summed E-state index contributed by atoms with van der Waals surface area (Å²) in [6, 6.07) is 5.52. The third kappa shape index (κ3) is 9.51. The second-order valence-electron chi connectivity index (χ2n) is 7.63. The first-order chi connectivity index (χ1) is 15.1. The van der Waals surface area contributed by atoms with Gasteiger partial charge in [-0.1, -0.05) is 25.3 Å². The Hall–Kier alpha value is -2.21. The molecule has 0 saturated heterocycles. The van der Waals surface area contributed by atoms with Crippen molar-refractivity contribution in [2.24, 2.45) is 0 Å². The lowest BCUT2D eigenvalue weighted by Crippen LogP contribution is -2.16. The Bertz CT molecular complexity index is 818. The van der Waals surface area contributed by atoms with Crippen molar-refractivity contribution in [3.63, 3.8) is 0 Å². The van der Waals surface area contributed by atoms with Crippen molar-refractivity contribution >= 4 is 24.8 Å². The lowest BCUT2D eigenvalue weighted by atomic mass is 10.1. The summed E-state index contributed by atoms with van der Waals surface area (Å²) in [7, 11) is -3.55. The molecule has 0 amide bonds. The van der Waals surface area contributed by atoms with Crippen LogP contribution in [0.4, 0.5) is 0 Å². The van der Waals surface area contributed by atoms with Crippen LogP contribution in [0.15, 0.2) is 42.5 Å². The average molecular weight is 467 g/mol. The van der Waals surface area contributed by atoms with Crippen LogP contribution in [0.25, 0.3) is 0 Å². The van der Waals surface area contributed by atoms with Crippen molar-refractivity contribution in [2.75, 3.05) is 26.4 Å². The molecular weight excluding hydrogens is 431 g/mol. The van der Waals surface area contributed by atoms with E-state index in [1.165, 1.54) is 0 Å². The van der Waals surface area contributed by atoms with Gasteiger partial charge in [-0.2, -0.15) is 0 Å². The molecule has 0 spiro atoms. The zero-order valence-electron chi connectivity index (χ0n) is 19.6. The molecule has 0 aromatic heterocycles. The quantitative estimate of drug-likeness (QED) is 0.156. The molecule has 0 N–H and O–H groups in total. The van der Waals surface area contributed by atoms with Crippen LogP contribution in [0, 0.1) is 13.8 Å². The van der Waals surface area contributed by atoms with Gasteiger partial charge in [0.15, 0.2) is 0 Å². The number of hydrogen-bond donors (Lipinski definition) is 0. The monoisotopic (exact) mass is 466 g/mol. The van der Waals surface area contributed by atoms with Gasteiger partial charge in [0, 0.05) is 11.1 Å². The number of aryl methyl sites for hydroxylation is 1. The first-order valence-electron chi connectivity index (χ1n) is 10.7. The van der Waals surface area contributed by atoms with Crippen LogP contribution in [0.5, 0.6) is 0 Å². The maximum Gasteiger partial charge on any atom is 0.361 e. The summed E-state index contributed by atoms with van der Waals surface area (Å²) in [4.78, 5) is 22.8. The molecule has 32 heavy (non-hydrogen) atoms. The molecule has 0 fully saturated rings. The Kier molecular flexibility index (Phi) is 12.2. The van der Waals surface area contributed by atoms with E-state index in [1.54, 1.807) is 19.9 Å². The third-order valence-corrected chi connectivity index (χ3v) is 6.75. The number of carbonyl (C=O) groups is 2. The van der Waals surface area contributed by atoms with Crippen molar-refractivity contribution in [1.29, 1.82) is 0 Å². The summed E-state index contributed by atoms with van der Waals surface area (Å²) in [5.74, 6) is -0.853. The van der Waals surface area contributed by atoms with Crippen LogP contribution in [0.2, 0.25) is 0 Å². The molecule has 0 unspecified atom stereocenters. The second kappa shape index (κ2) is 14.0. The summed E-state index contributed by atoms with van der Waals surface area (Å²) < 4.78 is 35.2. The maximum atomic E-state index is 13.6. The topological polar surface area (TPSA) is 88.1 Å². The van der Waals surface area contributed by atoms with Crippen LogP contribution in [-0.2, 0) is 32.7 Å². The summed E-state index contributed by atoms with van der Waals surface area (Å²) >= 11 is 0. The molecule has 0 heterocycles. The maximum absolute atomic E-state index is 13.6. The van der Waals surface area contributed by atoms with Crippen molar-refractivity contribution < 1.29 is 32.7 Å². The summed E-state index contributed by atoms with van der Waals surface area (Å²) in [5, 5.41) is 0.542. The Morgan fingerprint density at radius 3 is 1.69 bits per heavy atom. The number of benzene rings is 1. The number of carbonyl (C=O) groups excluding carboxylic acids is 2. The molecule has 0 aliphatic carbocycles. The molecule has 1 aromatic rings. The minimum Gasteiger partial charge on any atom is -0.462 e. The largest absolute Gasteiger partial charge is 0.462 e. The van der Waals surface area contributed by atoms with Gasteiger partial charge >= 0.3 is 19.5 Å². The van der Waals surface area contributed by atoms with E-state index in [9.17, 15) is 14.2 Å². The van der Waals surface area contributed by atoms with E-state index in [2.05, 4.69) is 13.2 Å².